The van der Waals surface area contributed by atoms with Crippen LogP contribution in [0, 0.1) is 5.82 Å². The summed E-state index contributed by atoms with van der Waals surface area (Å²) >= 11 is 5.68. The van der Waals surface area contributed by atoms with Crippen molar-refractivity contribution in [3.05, 3.63) is 46.9 Å². The Labute approximate surface area is 143 Å². The van der Waals surface area contributed by atoms with E-state index in [1.165, 1.54) is 12.1 Å². The van der Waals surface area contributed by atoms with Gasteiger partial charge in [0.15, 0.2) is 0 Å². The largest absolute Gasteiger partial charge is 0.364 e. The van der Waals surface area contributed by atoms with Crippen LogP contribution in [0.4, 0.5) is 10.2 Å². The highest BCUT2D eigenvalue weighted by Gasteiger charge is 2.30. The Balaban J connectivity index is 1.67. The number of hydrogen-bond donors (Lipinski definition) is 2. The second-order valence-corrected chi connectivity index (χ2v) is 6.08. The fourth-order valence-electron chi connectivity index (χ4n) is 2.65. The molecule has 128 valence electrons. The van der Waals surface area contributed by atoms with Crippen molar-refractivity contribution in [3.8, 4) is 0 Å². The van der Waals surface area contributed by atoms with Crippen LogP contribution in [0.3, 0.4) is 0 Å². The van der Waals surface area contributed by atoms with Crippen LogP contribution < -0.4 is 11.1 Å². The van der Waals surface area contributed by atoms with E-state index in [1.807, 2.05) is 0 Å². The number of nitrogens with two attached hydrogens (primary N) is 1. The number of carbonyl (C=O) groups is 1. The van der Waals surface area contributed by atoms with Crippen molar-refractivity contribution in [2.75, 3.05) is 11.9 Å². The first-order chi connectivity index (χ1) is 11.6. The first-order valence-corrected chi connectivity index (χ1v) is 8.06. The highest BCUT2D eigenvalue weighted by atomic mass is 35.5. The van der Waals surface area contributed by atoms with Crippen molar-refractivity contribution in [2.45, 2.75) is 31.6 Å². The van der Waals surface area contributed by atoms with Crippen LogP contribution >= 0.6 is 11.6 Å². The molecule has 1 aromatic carbocycles. The van der Waals surface area contributed by atoms with Crippen LogP contribution in [0.5, 0.6) is 0 Å². The summed E-state index contributed by atoms with van der Waals surface area (Å²) in [6, 6.07) is 6.24. The molecule has 3 N–H and O–H groups in total. The molecule has 0 bridgehead atoms. The number of carbonyl (C=O) groups excluding carboxylic acids is 1. The van der Waals surface area contributed by atoms with Crippen molar-refractivity contribution in [2.24, 2.45) is 5.73 Å². The van der Waals surface area contributed by atoms with Gasteiger partial charge in [-0.05, 0) is 30.5 Å². The topological polar surface area (TPSA) is 82.2 Å². The number of benzene rings is 1. The molecule has 2 heterocycles. The lowest BCUT2D eigenvalue weighted by atomic mass is 10.2. The summed E-state index contributed by atoms with van der Waals surface area (Å²) in [7, 11) is 0. The van der Waals surface area contributed by atoms with Crippen LogP contribution in [0.25, 0.3) is 0 Å². The first kappa shape index (κ1) is 16.9. The van der Waals surface area contributed by atoms with E-state index in [-0.39, 0.29) is 17.0 Å². The molecule has 3 rings (SSSR count). The quantitative estimate of drug-likeness (QED) is 0.864. The Morgan fingerprint density at radius 2 is 2.29 bits per heavy atom. The molecule has 8 heteroatoms. The van der Waals surface area contributed by atoms with Gasteiger partial charge in [0.05, 0.1) is 23.9 Å². The number of hydrogen-bond acceptors (Lipinski definition) is 4. The van der Waals surface area contributed by atoms with Gasteiger partial charge in [0, 0.05) is 12.6 Å². The van der Waals surface area contributed by atoms with Gasteiger partial charge in [-0.1, -0.05) is 17.7 Å². The predicted octanol–water partition coefficient (Wildman–Crippen LogP) is 2.17. The maximum Gasteiger partial charge on any atom is 0.254 e. The summed E-state index contributed by atoms with van der Waals surface area (Å²) in [4.78, 5) is 12.3. The summed E-state index contributed by atoms with van der Waals surface area (Å²) in [5.41, 5.74) is 6.25. The van der Waals surface area contributed by atoms with Crippen LogP contribution in [0.15, 0.2) is 30.5 Å². The van der Waals surface area contributed by atoms with Crippen LogP contribution in [0.2, 0.25) is 5.02 Å². The normalized spacial score (nSPS) is 20.3. The highest BCUT2D eigenvalue weighted by Crippen LogP contribution is 2.21. The Hall–Kier alpha value is -1.96. The maximum atomic E-state index is 13.5. The van der Waals surface area contributed by atoms with E-state index in [9.17, 15) is 9.18 Å². The monoisotopic (exact) mass is 352 g/mol. The van der Waals surface area contributed by atoms with E-state index >= 15 is 0 Å². The smallest absolute Gasteiger partial charge is 0.254 e. The molecule has 1 fully saturated rings. The Morgan fingerprint density at radius 3 is 3.00 bits per heavy atom. The number of halogens is 2. The van der Waals surface area contributed by atoms with Gasteiger partial charge < -0.3 is 15.8 Å². The summed E-state index contributed by atoms with van der Waals surface area (Å²) < 4.78 is 20.7. The van der Waals surface area contributed by atoms with Gasteiger partial charge in [0.25, 0.3) is 5.91 Å². The molecule has 0 spiro atoms. The second-order valence-electron chi connectivity index (χ2n) is 5.67. The van der Waals surface area contributed by atoms with Crippen LogP contribution in [-0.4, -0.2) is 34.4 Å². The van der Waals surface area contributed by atoms with E-state index in [1.54, 1.807) is 23.0 Å². The zero-order valence-corrected chi connectivity index (χ0v) is 13.7. The van der Waals surface area contributed by atoms with Gasteiger partial charge in [0.1, 0.15) is 17.7 Å². The molecule has 1 aromatic heterocycles. The van der Waals surface area contributed by atoms with Gasteiger partial charge in [-0.3, -0.25) is 4.79 Å². The molecule has 0 radical (unpaired) electrons. The molecule has 24 heavy (non-hydrogen) atoms. The molecule has 1 saturated heterocycles. The minimum absolute atomic E-state index is 0.0669. The number of amides is 1. The minimum atomic E-state index is -0.505. The minimum Gasteiger partial charge on any atom is -0.364 e. The van der Waals surface area contributed by atoms with Crippen molar-refractivity contribution >= 4 is 23.3 Å². The second kappa shape index (κ2) is 7.29. The average molecular weight is 353 g/mol. The number of ether oxygens (including phenoxy) is 1. The zero-order chi connectivity index (χ0) is 17.1. The molecular weight excluding hydrogens is 335 g/mol. The molecule has 2 atom stereocenters. The third-order valence-corrected chi connectivity index (χ3v) is 4.25. The van der Waals surface area contributed by atoms with E-state index in [0.717, 1.165) is 6.42 Å². The predicted molar refractivity (Wildman–Crippen MR) is 88.3 cm³/mol. The van der Waals surface area contributed by atoms with Crippen LogP contribution in [-0.2, 0) is 16.1 Å². The van der Waals surface area contributed by atoms with Crippen molar-refractivity contribution in [1.29, 1.82) is 0 Å². The average Bonchev–Trinajstić information content (AvgIpc) is 3.20. The molecule has 0 aliphatic carbocycles. The number of aromatic nitrogens is 2. The van der Waals surface area contributed by atoms with Gasteiger partial charge in [0.2, 0.25) is 0 Å². The van der Waals surface area contributed by atoms with Crippen molar-refractivity contribution in [1.82, 2.24) is 9.78 Å². The lowest BCUT2D eigenvalue weighted by Gasteiger charge is -2.14. The molecule has 6 nitrogen and oxygen atoms in total. The zero-order valence-electron chi connectivity index (χ0n) is 12.9. The summed E-state index contributed by atoms with van der Waals surface area (Å²) in [6.45, 7) is 0.720. The van der Waals surface area contributed by atoms with Crippen molar-refractivity contribution in [3.63, 3.8) is 0 Å². The van der Waals surface area contributed by atoms with Gasteiger partial charge in [-0.25, -0.2) is 9.07 Å². The van der Waals surface area contributed by atoms with E-state index in [0.29, 0.717) is 30.9 Å². The molecule has 1 aliphatic heterocycles. The number of anilines is 1. The molecule has 2 aromatic rings. The number of rotatable bonds is 5. The fraction of sp³-hybridized carbons (Fsp3) is 0.375. The lowest BCUT2D eigenvalue weighted by Crippen LogP contribution is -2.30. The fourth-order valence-corrected chi connectivity index (χ4v) is 2.77. The third kappa shape index (κ3) is 3.75. The molecular formula is C16H18ClFN4O2. The third-order valence-electron chi connectivity index (χ3n) is 3.95. The summed E-state index contributed by atoms with van der Waals surface area (Å²) in [6.07, 6.45) is 2.42. The number of nitrogens with one attached hydrogen (secondary N) is 1. The lowest BCUT2D eigenvalue weighted by molar-refractivity contribution is -0.126. The Bertz CT molecular complexity index is 737. The highest BCUT2D eigenvalue weighted by molar-refractivity contribution is 6.30. The van der Waals surface area contributed by atoms with E-state index < -0.39 is 11.9 Å². The first-order valence-electron chi connectivity index (χ1n) is 7.69. The van der Waals surface area contributed by atoms with E-state index in [2.05, 4.69) is 10.4 Å². The standard InChI is InChI=1S/C16H18ClFN4O2/c17-12-3-1-10(7-13(12)18)9-22-15(5-6-20-22)21-16(23)14-4-2-11(8-19)24-14/h1,3,5-7,11,14H,2,4,8-9,19H2,(H,21,23)/t11-,14+/m1/s1. The SMILES string of the molecule is NC[C@H]1CC[C@@H](C(=O)Nc2ccnn2Cc2ccc(Cl)c(F)c2)O1. The van der Waals surface area contributed by atoms with Gasteiger partial charge in [-0.2, -0.15) is 5.10 Å². The molecule has 1 aliphatic rings. The van der Waals surface area contributed by atoms with E-state index in [4.69, 9.17) is 22.1 Å². The van der Waals surface area contributed by atoms with Gasteiger partial charge in [-0.15, -0.1) is 0 Å². The van der Waals surface area contributed by atoms with Crippen LogP contribution in [0.1, 0.15) is 18.4 Å². The summed E-state index contributed by atoms with van der Waals surface area (Å²) in [5, 5.41) is 7.03. The summed E-state index contributed by atoms with van der Waals surface area (Å²) in [5.74, 6) is -0.191. The Morgan fingerprint density at radius 1 is 1.46 bits per heavy atom. The molecule has 0 saturated carbocycles. The Kier molecular flexibility index (Phi) is 5.13. The molecule has 1 amide bonds. The van der Waals surface area contributed by atoms with Crippen molar-refractivity contribution < 1.29 is 13.9 Å². The number of nitrogens with zero attached hydrogens (tertiary/aromatic N) is 2. The molecule has 0 unspecified atom stereocenters. The maximum absolute atomic E-state index is 13.5. The van der Waals surface area contributed by atoms with Gasteiger partial charge >= 0.3 is 0 Å².